The zero-order valence-electron chi connectivity index (χ0n) is 2.33. The number of hydrogen-bond acceptors (Lipinski definition) is 4. The molecule has 7 heteroatoms. The van der Waals surface area contributed by atoms with Crippen LogP contribution in [-0.4, -0.2) is 97.7 Å². The van der Waals surface area contributed by atoms with Gasteiger partial charge in [-0.15, -0.1) is 0 Å². The Hall–Kier alpha value is 2.39. The van der Waals surface area contributed by atoms with E-state index in [1.807, 2.05) is 0 Å². The third-order valence-electron chi connectivity index (χ3n) is 0.0943. The molecule has 0 radical (unpaired) electrons. The van der Waals surface area contributed by atoms with Crippen molar-refractivity contribution in [2.75, 3.05) is 0 Å². The van der Waals surface area contributed by atoms with E-state index in [0.717, 1.165) is 0 Å². The van der Waals surface area contributed by atoms with Crippen LogP contribution in [0.1, 0.15) is 0 Å². The molecule has 0 saturated heterocycles. The van der Waals surface area contributed by atoms with Gasteiger partial charge in [-0.05, 0) is 0 Å². The van der Waals surface area contributed by atoms with Gasteiger partial charge in [0.1, 0.15) is 0 Å². The van der Waals surface area contributed by atoms with Crippen LogP contribution in [0, 0.1) is 0 Å². The van der Waals surface area contributed by atoms with E-state index in [9.17, 15) is 0 Å². The van der Waals surface area contributed by atoms with Gasteiger partial charge in [-0.25, -0.2) is 4.81 Å². The van der Waals surface area contributed by atoms with Gasteiger partial charge in [0.25, 0.3) is 0 Å². The second kappa shape index (κ2) is 11.2. The van der Waals surface area contributed by atoms with E-state index in [1.54, 1.807) is 0 Å². The summed E-state index contributed by atoms with van der Waals surface area (Å²) in [4.78, 5) is 2.86. The van der Waals surface area contributed by atoms with Crippen molar-refractivity contribution in [1.29, 1.82) is 0 Å². The minimum absolute atomic E-state index is 0. The van der Waals surface area contributed by atoms with Gasteiger partial charge in [-0.2, -0.15) is 0 Å². The van der Waals surface area contributed by atoms with Gasteiger partial charge in [0.05, 0.1) is 0 Å². The molecule has 0 spiro atoms. The molecular formula is H6BNaO4Sr. The molecule has 7 heavy (non-hydrogen) atoms. The molecule has 3 N–H and O–H groups in total. The number of rotatable bonds is 1. The molecule has 0 unspecified atom stereocenters. The summed E-state index contributed by atoms with van der Waals surface area (Å²) in [6.45, 7) is 0. The van der Waals surface area contributed by atoms with Crippen molar-refractivity contribution in [2.45, 2.75) is 0 Å². The second-order valence-electron chi connectivity index (χ2n) is 0.432. The fourth-order valence-corrected chi connectivity index (χ4v) is 0. The van der Waals surface area contributed by atoms with Gasteiger partial charge in [0.2, 0.25) is 0 Å². The maximum absolute atomic E-state index is 7.44. The van der Waals surface area contributed by atoms with Gasteiger partial charge < -0.3 is 10.0 Å². The fourth-order valence-electron chi connectivity index (χ4n) is 0. The third-order valence-corrected chi connectivity index (χ3v) is 0.0943. The van der Waals surface area contributed by atoms with Gasteiger partial charge in [0.15, 0.2) is 0 Å². The molecule has 0 heterocycles. The van der Waals surface area contributed by atoms with Crippen LogP contribution in [0.15, 0.2) is 0 Å². The molecule has 0 atom stereocenters. The van der Waals surface area contributed by atoms with E-state index in [4.69, 9.17) is 15.3 Å². The summed E-state index contributed by atoms with van der Waals surface area (Å²) in [5.74, 6) is 0. The predicted octanol–water partition coefficient (Wildman–Crippen LogP) is -3.12. The van der Waals surface area contributed by atoms with Gasteiger partial charge in [0, 0.05) is 0 Å². The summed E-state index contributed by atoms with van der Waals surface area (Å²) in [6, 6.07) is 0. The Morgan fingerprint density at radius 1 is 1.29 bits per heavy atom. The van der Waals surface area contributed by atoms with Crippen LogP contribution in [0.3, 0.4) is 0 Å². The molecule has 0 aliphatic rings. The molecule has 0 aliphatic carbocycles. The second-order valence-corrected chi connectivity index (χ2v) is 0.432. The van der Waals surface area contributed by atoms with Crippen LogP contribution < -0.4 is 0 Å². The Labute approximate surface area is 101 Å². The Morgan fingerprint density at radius 3 is 1.43 bits per heavy atom. The fraction of sp³-hybridized carbons (Fsp3) is 0. The molecule has 0 bridgehead atoms. The Morgan fingerprint density at radius 2 is 1.43 bits per heavy atom. The van der Waals surface area contributed by atoms with E-state index in [1.165, 1.54) is 0 Å². The summed E-state index contributed by atoms with van der Waals surface area (Å²) in [5.41, 5.74) is 0. The normalized spacial score (nSPS) is 5.57. The van der Waals surface area contributed by atoms with Crippen LogP contribution in [0.25, 0.3) is 0 Å². The van der Waals surface area contributed by atoms with E-state index >= 15 is 0 Å². The first-order chi connectivity index (χ1) is 2.27. The van der Waals surface area contributed by atoms with Gasteiger partial charge in [-0.1, -0.05) is 0 Å². The van der Waals surface area contributed by atoms with Gasteiger partial charge in [-0.3, -0.25) is 5.26 Å². The van der Waals surface area contributed by atoms with Crippen molar-refractivity contribution in [3.8, 4) is 0 Å². The SMILES string of the molecule is OOB(O)O.[NaH].[SrH2]. The maximum atomic E-state index is 7.44. The van der Waals surface area contributed by atoms with Crippen molar-refractivity contribution in [3.63, 3.8) is 0 Å². The van der Waals surface area contributed by atoms with Crippen LogP contribution >= 0.6 is 0 Å². The summed E-state index contributed by atoms with van der Waals surface area (Å²) < 4.78 is 0. The van der Waals surface area contributed by atoms with E-state index in [0.29, 0.717) is 0 Å². The van der Waals surface area contributed by atoms with Crippen LogP contribution in [-0.2, 0) is 4.81 Å². The van der Waals surface area contributed by atoms with Gasteiger partial charge >= 0.3 is 82.4 Å². The molecule has 0 fully saturated rings. The molecule has 4 nitrogen and oxygen atoms in total. The quantitative estimate of drug-likeness (QED) is 0.233. The molecule has 0 aromatic carbocycles. The summed E-state index contributed by atoms with van der Waals surface area (Å²) >= 11 is 0. The number of hydrogen-bond donors (Lipinski definition) is 3. The van der Waals surface area contributed by atoms with Crippen molar-refractivity contribution >= 4 is 82.4 Å². The molecule has 0 amide bonds. The Kier molecular flexibility index (Phi) is 25.9. The van der Waals surface area contributed by atoms with E-state index in [2.05, 4.69) is 4.81 Å². The van der Waals surface area contributed by atoms with E-state index < -0.39 is 7.32 Å². The molecule has 0 aliphatic heterocycles. The zero-order valence-corrected chi connectivity index (χ0v) is 2.33. The molecule has 36 valence electrons. The first-order valence-corrected chi connectivity index (χ1v) is 0.935. The van der Waals surface area contributed by atoms with Crippen molar-refractivity contribution in [2.24, 2.45) is 0 Å². The topological polar surface area (TPSA) is 69.9 Å². The molecule has 0 aromatic rings. The molecular weight excluding hydrogens is 185 g/mol. The van der Waals surface area contributed by atoms with Crippen molar-refractivity contribution in [1.82, 2.24) is 0 Å². The van der Waals surface area contributed by atoms with Crippen molar-refractivity contribution < 1.29 is 20.1 Å². The predicted molar refractivity (Wildman–Crippen MR) is 29.6 cm³/mol. The van der Waals surface area contributed by atoms with Crippen LogP contribution in [0.2, 0.25) is 0 Å². The van der Waals surface area contributed by atoms with Crippen LogP contribution in [0.5, 0.6) is 0 Å². The summed E-state index contributed by atoms with van der Waals surface area (Å²) in [7, 11) is -2.06. The molecule has 0 saturated carbocycles. The monoisotopic (exact) mass is 192 g/mol. The minimum atomic E-state index is -2.06. The van der Waals surface area contributed by atoms with Crippen LogP contribution in [0.4, 0.5) is 0 Å². The Balaban J connectivity index is -0.0000000800. The molecule has 0 aromatic heterocycles. The average Bonchev–Trinajstić information content (AvgIpc) is 1.38. The van der Waals surface area contributed by atoms with Crippen molar-refractivity contribution in [3.05, 3.63) is 0 Å². The molecule has 0 rings (SSSR count). The third kappa shape index (κ3) is 17.8. The first-order valence-electron chi connectivity index (χ1n) is 0.935. The first kappa shape index (κ1) is 16.2. The standard InChI is InChI=1S/BH3O4.Na.Sr.3H/c2-1(3)5-4;;;;;/h2-4H;;;;;. The summed E-state index contributed by atoms with van der Waals surface area (Å²) in [5, 5.41) is 22.0. The average molecular weight is 191 g/mol. The summed E-state index contributed by atoms with van der Waals surface area (Å²) in [6.07, 6.45) is 0. The van der Waals surface area contributed by atoms with E-state index in [-0.39, 0.29) is 75.0 Å². The Bertz CT molecular complexity index is 25.7. The zero-order chi connectivity index (χ0) is 4.28.